The number of anilines is 1. The summed E-state index contributed by atoms with van der Waals surface area (Å²) in [5, 5.41) is 16.0. The van der Waals surface area contributed by atoms with Gasteiger partial charge in [-0.2, -0.15) is 5.10 Å². The van der Waals surface area contributed by atoms with E-state index in [4.69, 9.17) is 0 Å². The summed E-state index contributed by atoms with van der Waals surface area (Å²) in [6.07, 6.45) is 1.73. The topological polar surface area (TPSA) is 83.8 Å². The number of hydrogen-bond donors (Lipinski definition) is 2. The molecule has 2 aromatic rings. The van der Waals surface area contributed by atoms with Crippen LogP contribution < -0.4 is 5.43 Å². The van der Waals surface area contributed by atoms with Gasteiger partial charge < -0.3 is 9.84 Å². The summed E-state index contributed by atoms with van der Waals surface area (Å²) in [5.74, 6) is -0.198. The number of benzene rings is 1. The van der Waals surface area contributed by atoms with Crippen LogP contribution in [0.25, 0.3) is 0 Å². The minimum absolute atomic E-state index is 0.135. The summed E-state index contributed by atoms with van der Waals surface area (Å²) in [6.45, 7) is 0. The maximum atomic E-state index is 11.1. The molecule has 1 aromatic heterocycles. The summed E-state index contributed by atoms with van der Waals surface area (Å²) in [5.41, 5.74) is 4.21. The van der Waals surface area contributed by atoms with E-state index in [1.165, 1.54) is 18.4 Å². The van der Waals surface area contributed by atoms with Crippen molar-refractivity contribution >= 4 is 60.5 Å². The third kappa shape index (κ3) is 4.52. The zero-order chi connectivity index (χ0) is 16.1. The van der Waals surface area contributed by atoms with Gasteiger partial charge in [-0.05, 0) is 49.6 Å². The second kappa shape index (κ2) is 7.70. The van der Waals surface area contributed by atoms with Gasteiger partial charge in [-0.15, -0.1) is 11.3 Å². The second-order valence-corrected chi connectivity index (χ2v) is 6.67. The van der Waals surface area contributed by atoms with Crippen LogP contribution in [0.1, 0.15) is 11.3 Å². The molecule has 0 bridgehead atoms. The van der Waals surface area contributed by atoms with Crippen molar-refractivity contribution in [1.82, 2.24) is 4.98 Å². The number of methoxy groups -OCH3 is 1. The molecule has 0 radical (unpaired) electrons. The molecule has 0 unspecified atom stereocenters. The lowest BCUT2D eigenvalue weighted by Crippen LogP contribution is -2.04. The standard InChI is InChI=1S/C13H11Br2N3O3S/c1-21-11(19)4-8-6-22-13(17-8)18-16-5-7-2-9(14)12(20)10(15)3-7/h2-3,5-6,20H,4H2,1H3,(H,17,18)/b16-5-. The van der Waals surface area contributed by atoms with E-state index in [1.54, 1.807) is 23.7 Å². The fourth-order valence-electron chi connectivity index (χ4n) is 1.48. The molecule has 2 N–H and O–H groups in total. The molecule has 0 spiro atoms. The van der Waals surface area contributed by atoms with Crippen molar-refractivity contribution in [3.63, 3.8) is 0 Å². The van der Waals surface area contributed by atoms with E-state index < -0.39 is 0 Å². The maximum Gasteiger partial charge on any atom is 0.311 e. The fraction of sp³-hybridized carbons (Fsp3) is 0.154. The molecule has 0 fully saturated rings. The van der Waals surface area contributed by atoms with E-state index in [1.807, 2.05) is 0 Å². The zero-order valence-corrected chi connectivity index (χ0v) is 15.3. The summed E-state index contributed by atoms with van der Waals surface area (Å²) in [4.78, 5) is 15.4. The maximum absolute atomic E-state index is 11.1. The summed E-state index contributed by atoms with van der Waals surface area (Å²) >= 11 is 7.84. The first-order valence-corrected chi connectivity index (χ1v) is 8.44. The predicted octanol–water partition coefficient (Wildman–Crippen LogP) is 3.54. The Balaban J connectivity index is 1.99. The molecule has 0 saturated heterocycles. The third-order valence-corrected chi connectivity index (χ3v) is 4.52. The number of nitrogens with one attached hydrogen (secondary N) is 1. The number of ether oxygens (including phenoxy) is 1. The lowest BCUT2D eigenvalue weighted by Gasteiger charge is -2.01. The highest BCUT2D eigenvalue weighted by Crippen LogP contribution is 2.32. The number of phenols is 1. The number of phenolic OH excluding ortho intramolecular Hbond substituents is 1. The van der Waals surface area contributed by atoms with Gasteiger partial charge in [0.15, 0.2) is 0 Å². The van der Waals surface area contributed by atoms with E-state index in [2.05, 4.69) is 52.1 Å². The van der Waals surface area contributed by atoms with Crippen molar-refractivity contribution in [3.8, 4) is 5.75 Å². The van der Waals surface area contributed by atoms with Crippen molar-refractivity contribution in [1.29, 1.82) is 0 Å². The molecule has 0 aliphatic heterocycles. The van der Waals surface area contributed by atoms with Gasteiger partial charge in [0.1, 0.15) is 5.75 Å². The van der Waals surface area contributed by atoms with E-state index in [-0.39, 0.29) is 18.1 Å². The largest absolute Gasteiger partial charge is 0.506 e. The Morgan fingerprint density at radius 3 is 2.82 bits per heavy atom. The van der Waals surface area contributed by atoms with Gasteiger partial charge in [0.25, 0.3) is 0 Å². The van der Waals surface area contributed by atoms with Crippen molar-refractivity contribution in [2.24, 2.45) is 5.10 Å². The van der Waals surface area contributed by atoms with E-state index in [9.17, 15) is 9.90 Å². The number of hydrazone groups is 1. The molecule has 116 valence electrons. The molecular formula is C13H11Br2N3O3S. The number of hydrogen-bond acceptors (Lipinski definition) is 7. The molecule has 1 heterocycles. The average Bonchev–Trinajstić information content (AvgIpc) is 2.92. The lowest BCUT2D eigenvalue weighted by atomic mass is 10.2. The van der Waals surface area contributed by atoms with Crippen molar-refractivity contribution < 1.29 is 14.6 Å². The third-order valence-electron chi connectivity index (χ3n) is 2.52. The normalized spacial score (nSPS) is 10.9. The SMILES string of the molecule is COC(=O)Cc1csc(N/N=C\c2cc(Br)c(O)c(Br)c2)n1. The minimum Gasteiger partial charge on any atom is -0.506 e. The molecule has 0 atom stereocenters. The van der Waals surface area contributed by atoms with Crippen molar-refractivity contribution in [2.45, 2.75) is 6.42 Å². The Bertz CT molecular complexity index is 695. The van der Waals surface area contributed by atoms with Crippen LogP contribution in [0, 0.1) is 0 Å². The average molecular weight is 449 g/mol. The Kier molecular flexibility index (Phi) is 5.92. The second-order valence-electron chi connectivity index (χ2n) is 4.10. The molecule has 9 heteroatoms. The Labute approximate surface area is 147 Å². The van der Waals surface area contributed by atoms with Crippen LogP contribution >= 0.6 is 43.2 Å². The molecule has 0 aliphatic carbocycles. The fourth-order valence-corrected chi connectivity index (χ4v) is 3.36. The number of thiazole rings is 1. The summed E-state index contributed by atoms with van der Waals surface area (Å²) in [7, 11) is 1.34. The first kappa shape index (κ1) is 16.9. The van der Waals surface area contributed by atoms with Crippen LogP contribution in [0.2, 0.25) is 0 Å². The highest BCUT2D eigenvalue weighted by molar-refractivity contribution is 9.11. The van der Waals surface area contributed by atoms with Crippen LogP contribution in [-0.4, -0.2) is 29.4 Å². The van der Waals surface area contributed by atoms with Crippen LogP contribution in [-0.2, 0) is 16.0 Å². The molecule has 0 saturated carbocycles. The number of esters is 1. The molecular weight excluding hydrogens is 438 g/mol. The number of carbonyl (C=O) groups is 1. The molecule has 2 rings (SSSR count). The highest BCUT2D eigenvalue weighted by Gasteiger charge is 2.07. The van der Waals surface area contributed by atoms with Gasteiger partial charge in [0.2, 0.25) is 5.13 Å². The summed E-state index contributed by atoms with van der Waals surface area (Å²) in [6, 6.07) is 3.46. The van der Waals surface area contributed by atoms with Gasteiger partial charge in [-0.25, -0.2) is 4.98 Å². The zero-order valence-electron chi connectivity index (χ0n) is 11.3. The molecule has 0 amide bonds. The highest BCUT2D eigenvalue weighted by atomic mass is 79.9. The monoisotopic (exact) mass is 447 g/mol. The summed E-state index contributed by atoms with van der Waals surface area (Å²) < 4.78 is 5.72. The number of rotatable bonds is 5. The van der Waals surface area contributed by atoms with E-state index >= 15 is 0 Å². The predicted molar refractivity (Wildman–Crippen MR) is 92.6 cm³/mol. The Morgan fingerprint density at radius 2 is 2.18 bits per heavy atom. The van der Waals surface area contributed by atoms with Gasteiger partial charge in [0.05, 0.1) is 34.4 Å². The Morgan fingerprint density at radius 1 is 1.50 bits per heavy atom. The van der Waals surface area contributed by atoms with Crippen LogP contribution in [0.3, 0.4) is 0 Å². The van der Waals surface area contributed by atoms with Crippen LogP contribution in [0.4, 0.5) is 5.13 Å². The van der Waals surface area contributed by atoms with Gasteiger partial charge >= 0.3 is 5.97 Å². The number of halogens is 2. The Hall–Kier alpha value is -1.45. The minimum atomic E-state index is -0.334. The van der Waals surface area contributed by atoms with E-state index in [0.29, 0.717) is 19.8 Å². The molecule has 0 aliphatic rings. The van der Waals surface area contributed by atoms with Crippen LogP contribution in [0.15, 0.2) is 31.6 Å². The van der Waals surface area contributed by atoms with Crippen LogP contribution in [0.5, 0.6) is 5.75 Å². The lowest BCUT2D eigenvalue weighted by molar-refractivity contribution is -0.139. The number of aromatic nitrogens is 1. The first-order valence-electron chi connectivity index (χ1n) is 5.98. The smallest absolute Gasteiger partial charge is 0.311 e. The van der Waals surface area contributed by atoms with Crippen molar-refractivity contribution in [2.75, 3.05) is 12.5 Å². The number of nitrogens with zero attached hydrogens (tertiary/aromatic N) is 2. The molecule has 22 heavy (non-hydrogen) atoms. The quantitative estimate of drug-likeness (QED) is 0.415. The van der Waals surface area contributed by atoms with Gasteiger partial charge in [-0.3, -0.25) is 10.2 Å². The van der Waals surface area contributed by atoms with Crippen molar-refractivity contribution in [3.05, 3.63) is 37.7 Å². The number of aromatic hydroxyl groups is 1. The first-order chi connectivity index (χ1) is 10.5. The molecule has 1 aromatic carbocycles. The van der Waals surface area contributed by atoms with Gasteiger partial charge in [-0.1, -0.05) is 0 Å². The number of carbonyl (C=O) groups excluding carboxylic acids is 1. The van der Waals surface area contributed by atoms with Gasteiger partial charge in [0, 0.05) is 5.38 Å². The van der Waals surface area contributed by atoms with E-state index in [0.717, 1.165) is 5.56 Å². The molecule has 6 nitrogen and oxygen atoms in total.